The second kappa shape index (κ2) is 8.82. The average Bonchev–Trinajstić information content (AvgIpc) is 3.11. The van der Waals surface area contributed by atoms with Crippen molar-refractivity contribution in [3.8, 4) is 5.75 Å². The zero-order valence-corrected chi connectivity index (χ0v) is 16.9. The van der Waals surface area contributed by atoms with Gasteiger partial charge < -0.3 is 10.1 Å². The Morgan fingerprint density at radius 1 is 1.18 bits per heavy atom. The molecule has 0 spiro atoms. The lowest BCUT2D eigenvalue weighted by atomic mass is 10.1. The van der Waals surface area contributed by atoms with E-state index >= 15 is 0 Å². The summed E-state index contributed by atoms with van der Waals surface area (Å²) in [6.45, 7) is 8.55. The Morgan fingerprint density at radius 3 is 2.64 bits per heavy atom. The summed E-state index contributed by atoms with van der Waals surface area (Å²) in [6, 6.07) is 8.01. The zero-order valence-electron chi connectivity index (χ0n) is 16.9. The van der Waals surface area contributed by atoms with Crippen LogP contribution in [0.25, 0.3) is 5.78 Å². The number of carbonyl (C=O) groups excluding carboxylic acids is 1. The maximum Gasteiger partial charge on any atom is 0.252 e. The van der Waals surface area contributed by atoms with Gasteiger partial charge in [-0.05, 0) is 63.8 Å². The van der Waals surface area contributed by atoms with Gasteiger partial charge in [0, 0.05) is 24.4 Å². The van der Waals surface area contributed by atoms with Crippen LogP contribution in [0.3, 0.4) is 0 Å². The lowest BCUT2D eigenvalue weighted by Crippen LogP contribution is -2.26. The molecule has 0 aliphatic rings. The van der Waals surface area contributed by atoms with Gasteiger partial charge in [0.2, 0.25) is 5.91 Å². The zero-order chi connectivity index (χ0) is 20.1. The number of nitrogens with one attached hydrogen (secondary N) is 1. The first-order valence-corrected chi connectivity index (χ1v) is 9.62. The summed E-state index contributed by atoms with van der Waals surface area (Å²) in [5, 5.41) is 7.18. The number of aromatic nitrogens is 4. The van der Waals surface area contributed by atoms with E-state index in [0.29, 0.717) is 25.2 Å². The quantitative estimate of drug-likeness (QED) is 0.649. The van der Waals surface area contributed by atoms with Gasteiger partial charge in [-0.1, -0.05) is 12.1 Å². The monoisotopic (exact) mass is 381 g/mol. The molecule has 0 aliphatic carbocycles. The maximum atomic E-state index is 12.2. The Labute approximate surface area is 165 Å². The van der Waals surface area contributed by atoms with E-state index in [1.54, 1.807) is 4.52 Å². The van der Waals surface area contributed by atoms with Crippen LogP contribution in [-0.2, 0) is 17.6 Å². The fourth-order valence-electron chi connectivity index (χ4n) is 3.20. The van der Waals surface area contributed by atoms with Gasteiger partial charge in [-0.3, -0.25) is 4.79 Å². The minimum absolute atomic E-state index is 0.0391. The normalized spacial score (nSPS) is 11.2. The number of aryl methyl sites for hydroxylation is 2. The van der Waals surface area contributed by atoms with Crippen LogP contribution in [-0.4, -0.2) is 38.1 Å². The number of hydrogen-bond acceptors (Lipinski definition) is 5. The van der Waals surface area contributed by atoms with E-state index < -0.39 is 0 Å². The molecule has 0 bridgehead atoms. The van der Waals surface area contributed by atoms with Gasteiger partial charge in [-0.2, -0.15) is 10.1 Å². The fraction of sp³-hybridized carbons (Fsp3) is 0.429. The predicted octanol–water partition coefficient (Wildman–Crippen LogP) is 2.82. The molecule has 0 saturated heterocycles. The van der Waals surface area contributed by atoms with Crippen LogP contribution >= 0.6 is 0 Å². The summed E-state index contributed by atoms with van der Waals surface area (Å²) in [6.07, 6.45) is 3.50. The molecule has 0 fully saturated rings. The molecular weight excluding hydrogens is 354 g/mol. The van der Waals surface area contributed by atoms with Crippen molar-refractivity contribution in [3.05, 3.63) is 53.1 Å². The molecule has 0 aliphatic heterocycles. The number of rotatable bonds is 8. The maximum absolute atomic E-state index is 12.2. The molecule has 1 N–H and O–H groups in total. The van der Waals surface area contributed by atoms with Crippen LogP contribution in [0.5, 0.6) is 5.75 Å². The Hall–Kier alpha value is -2.96. The minimum atomic E-state index is 0.0391. The molecule has 1 aromatic carbocycles. The molecule has 0 atom stereocenters. The third-order valence-corrected chi connectivity index (χ3v) is 4.62. The van der Waals surface area contributed by atoms with Gasteiger partial charge >= 0.3 is 0 Å². The van der Waals surface area contributed by atoms with Gasteiger partial charge in [0.25, 0.3) is 5.78 Å². The van der Waals surface area contributed by atoms with Crippen LogP contribution in [0.4, 0.5) is 0 Å². The van der Waals surface area contributed by atoms with Crippen LogP contribution < -0.4 is 10.1 Å². The van der Waals surface area contributed by atoms with E-state index in [-0.39, 0.29) is 12.0 Å². The van der Waals surface area contributed by atoms with Crippen molar-refractivity contribution in [1.29, 1.82) is 0 Å². The highest BCUT2D eigenvalue weighted by Gasteiger charge is 2.12. The minimum Gasteiger partial charge on any atom is -0.491 e. The standard InChI is InChI=1S/C21H27N5O2/c1-14(2)28-18-7-5-17(6-8-18)11-12-22-20(27)10-9-19-15(3)25-21-23-13-24-26(21)16(19)4/h5-8,13-14H,9-12H2,1-4H3,(H,22,27). The molecule has 0 radical (unpaired) electrons. The summed E-state index contributed by atoms with van der Waals surface area (Å²) < 4.78 is 7.36. The molecule has 28 heavy (non-hydrogen) atoms. The number of nitrogens with zero attached hydrogens (tertiary/aromatic N) is 4. The molecule has 2 aromatic heterocycles. The first kappa shape index (κ1) is 19.8. The predicted molar refractivity (Wildman–Crippen MR) is 107 cm³/mol. The van der Waals surface area contributed by atoms with Crippen molar-refractivity contribution in [2.75, 3.05) is 6.54 Å². The Kier molecular flexibility index (Phi) is 6.23. The van der Waals surface area contributed by atoms with E-state index in [2.05, 4.69) is 20.4 Å². The average molecular weight is 381 g/mol. The highest BCUT2D eigenvalue weighted by atomic mass is 16.5. The van der Waals surface area contributed by atoms with Gasteiger partial charge in [-0.15, -0.1) is 0 Å². The molecule has 3 aromatic rings. The van der Waals surface area contributed by atoms with Crippen molar-refractivity contribution >= 4 is 11.7 Å². The summed E-state index contributed by atoms with van der Waals surface area (Å²) >= 11 is 0. The molecule has 2 heterocycles. The summed E-state index contributed by atoms with van der Waals surface area (Å²) in [4.78, 5) is 20.8. The number of benzene rings is 1. The molecule has 0 saturated carbocycles. The number of fused-ring (bicyclic) bond motifs is 1. The Bertz CT molecular complexity index is 947. The van der Waals surface area contributed by atoms with Crippen molar-refractivity contribution in [2.24, 2.45) is 0 Å². The van der Waals surface area contributed by atoms with E-state index in [0.717, 1.165) is 29.1 Å². The third kappa shape index (κ3) is 4.85. The van der Waals surface area contributed by atoms with Crippen molar-refractivity contribution in [2.45, 2.75) is 53.1 Å². The SMILES string of the molecule is Cc1nc2ncnn2c(C)c1CCC(=O)NCCc1ccc(OC(C)C)cc1. The number of carbonyl (C=O) groups is 1. The topological polar surface area (TPSA) is 81.4 Å². The van der Waals surface area contributed by atoms with Crippen LogP contribution in [0.1, 0.15) is 42.8 Å². The molecule has 1 amide bonds. The van der Waals surface area contributed by atoms with Gasteiger partial charge in [0.1, 0.15) is 12.1 Å². The smallest absolute Gasteiger partial charge is 0.252 e. The van der Waals surface area contributed by atoms with E-state index in [4.69, 9.17) is 4.74 Å². The molecule has 0 unspecified atom stereocenters. The lowest BCUT2D eigenvalue weighted by molar-refractivity contribution is -0.121. The van der Waals surface area contributed by atoms with E-state index in [1.165, 1.54) is 11.9 Å². The van der Waals surface area contributed by atoms with Crippen LogP contribution in [0.15, 0.2) is 30.6 Å². The molecule has 7 nitrogen and oxygen atoms in total. The van der Waals surface area contributed by atoms with Crippen molar-refractivity contribution in [3.63, 3.8) is 0 Å². The van der Waals surface area contributed by atoms with E-state index in [1.807, 2.05) is 52.0 Å². The fourth-order valence-corrected chi connectivity index (χ4v) is 3.20. The Morgan fingerprint density at radius 2 is 1.93 bits per heavy atom. The highest BCUT2D eigenvalue weighted by Crippen LogP contribution is 2.15. The largest absolute Gasteiger partial charge is 0.491 e. The Balaban J connectivity index is 1.47. The van der Waals surface area contributed by atoms with Crippen LogP contribution in [0.2, 0.25) is 0 Å². The highest BCUT2D eigenvalue weighted by molar-refractivity contribution is 5.76. The summed E-state index contributed by atoms with van der Waals surface area (Å²) in [5.74, 6) is 1.50. The lowest BCUT2D eigenvalue weighted by Gasteiger charge is -2.11. The summed E-state index contributed by atoms with van der Waals surface area (Å²) in [5.41, 5.74) is 4.10. The van der Waals surface area contributed by atoms with Crippen molar-refractivity contribution < 1.29 is 9.53 Å². The third-order valence-electron chi connectivity index (χ3n) is 4.62. The molecule has 3 rings (SSSR count). The van der Waals surface area contributed by atoms with Crippen LogP contribution in [0, 0.1) is 13.8 Å². The second-order valence-electron chi connectivity index (χ2n) is 7.14. The first-order chi connectivity index (χ1) is 13.4. The first-order valence-electron chi connectivity index (χ1n) is 9.62. The van der Waals surface area contributed by atoms with Crippen molar-refractivity contribution in [1.82, 2.24) is 24.9 Å². The van der Waals surface area contributed by atoms with E-state index in [9.17, 15) is 4.79 Å². The van der Waals surface area contributed by atoms with Gasteiger partial charge in [-0.25, -0.2) is 9.50 Å². The van der Waals surface area contributed by atoms with Gasteiger partial charge in [0.05, 0.1) is 6.10 Å². The van der Waals surface area contributed by atoms with Gasteiger partial charge in [0.15, 0.2) is 0 Å². The molecular formula is C21H27N5O2. The molecule has 7 heteroatoms. The molecule has 148 valence electrons. The number of amides is 1. The number of hydrogen-bond donors (Lipinski definition) is 1. The second-order valence-corrected chi connectivity index (χ2v) is 7.14. The summed E-state index contributed by atoms with van der Waals surface area (Å²) in [7, 11) is 0. The number of ether oxygens (including phenoxy) is 1.